The van der Waals surface area contributed by atoms with E-state index >= 15 is 0 Å². The fraction of sp³-hybridized carbons (Fsp3) is 0.421. The lowest BCUT2D eigenvalue weighted by atomic mass is 9.95. The second-order valence-electron chi connectivity index (χ2n) is 6.70. The van der Waals surface area contributed by atoms with Crippen LogP contribution < -0.4 is 0 Å². The summed E-state index contributed by atoms with van der Waals surface area (Å²) in [7, 11) is 0. The van der Waals surface area contributed by atoms with Crippen molar-refractivity contribution in [3.63, 3.8) is 0 Å². The van der Waals surface area contributed by atoms with E-state index in [1.807, 2.05) is 6.21 Å². The Balaban J connectivity index is 2.43. The van der Waals surface area contributed by atoms with Gasteiger partial charge < -0.3 is 0 Å². The van der Waals surface area contributed by atoms with E-state index in [1.165, 1.54) is 33.4 Å². The molecule has 1 aromatic carbocycles. The Bertz CT molecular complexity index is 607. The Morgan fingerprint density at radius 1 is 1.00 bits per heavy atom. The van der Waals surface area contributed by atoms with Crippen LogP contribution in [0, 0.1) is 0 Å². The van der Waals surface area contributed by atoms with Gasteiger partial charge in [0.2, 0.25) is 0 Å². The second-order valence-corrected chi connectivity index (χ2v) is 6.70. The molecule has 1 aliphatic carbocycles. The summed E-state index contributed by atoms with van der Waals surface area (Å²) in [5.41, 5.74) is 8.34. The van der Waals surface area contributed by atoms with Gasteiger partial charge in [-0.25, -0.2) is 0 Å². The largest absolute Gasteiger partial charge is 0.287 e. The van der Waals surface area contributed by atoms with E-state index in [2.05, 4.69) is 70.8 Å². The SMILES string of the molecule is CC1=C(C)C(C)=C(c2ccccc2C=NC(C)(C)C)C1. The lowest BCUT2D eigenvalue weighted by Crippen LogP contribution is -2.10. The standard InChI is InChI=1S/C19H25N/c1-13-11-18(15(3)14(13)2)17-10-8-7-9-16(17)12-20-19(4,5)6/h7-10,12H,11H2,1-6H3. The molecule has 0 spiro atoms. The van der Waals surface area contributed by atoms with Crippen LogP contribution in [0.5, 0.6) is 0 Å². The number of hydrogen-bond donors (Lipinski definition) is 0. The van der Waals surface area contributed by atoms with E-state index in [1.54, 1.807) is 0 Å². The molecule has 0 saturated carbocycles. The minimum atomic E-state index is -0.0315. The van der Waals surface area contributed by atoms with E-state index in [0.29, 0.717) is 0 Å². The molecule has 0 saturated heterocycles. The van der Waals surface area contributed by atoms with Gasteiger partial charge in [-0.3, -0.25) is 4.99 Å². The first kappa shape index (κ1) is 14.8. The monoisotopic (exact) mass is 267 g/mol. The van der Waals surface area contributed by atoms with Crippen molar-refractivity contribution in [1.29, 1.82) is 0 Å². The minimum Gasteiger partial charge on any atom is -0.287 e. The highest BCUT2D eigenvalue weighted by Gasteiger charge is 2.18. The Labute approximate surface area is 123 Å². The van der Waals surface area contributed by atoms with E-state index < -0.39 is 0 Å². The van der Waals surface area contributed by atoms with Crippen molar-refractivity contribution in [3.8, 4) is 0 Å². The van der Waals surface area contributed by atoms with E-state index in [-0.39, 0.29) is 5.54 Å². The predicted octanol–water partition coefficient (Wildman–Crippen LogP) is 5.42. The molecule has 0 aromatic heterocycles. The lowest BCUT2D eigenvalue weighted by molar-refractivity contribution is 0.586. The Morgan fingerprint density at radius 2 is 1.65 bits per heavy atom. The van der Waals surface area contributed by atoms with Gasteiger partial charge in [-0.15, -0.1) is 0 Å². The molecule has 0 fully saturated rings. The maximum atomic E-state index is 4.66. The fourth-order valence-corrected chi connectivity index (χ4v) is 2.52. The van der Waals surface area contributed by atoms with Crippen LogP contribution in [-0.2, 0) is 0 Å². The number of benzene rings is 1. The van der Waals surface area contributed by atoms with Crippen LogP contribution >= 0.6 is 0 Å². The topological polar surface area (TPSA) is 12.4 Å². The molecule has 0 N–H and O–H groups in total. The third-order valence-corrected chi connectivity index (χ3v) is 3.97. The fourth-order valence-electron chi connectivity index (χ4n) is 2.52. The third kappa shape index (κ3) is 3.09. The number of nitrogens with zero attached hydrogens (tertiary/aromatic N) is 1. The molecule has 1 heteroatoms. The molecule has 0 heterocycles. The van der Waals surface area contributed by atoms with E-state index in [4.69, 9.17) is 0 Å². The summed E-state index contributed by atoms with van der Waals surface area (Å²) in [5.74, 6) is 0. The molecule has 1 aliphatic rings. The summed E-state index contributed by atoms with van der Waals surface area (Å²) in [6, 6.07) is 8.58. The van der Waals surface area contributed by atoms with Crippen LogP contribution in [0.3, 0.4) is 0 Å². The van der Waals surface area contributed by atoms with E-state index in [9.17, 15) is 0 Å². The van der Waals surface area contributed by atoms with Gasteiger partial charge in [0.05, 0.1) is 5.54 Å². The van der Waals surface area contributed by atoms with Gasteiger partial charge in [0, 0.05) is 6.21 Å². The van der Waals surface area contributed by atoms with Gasteiger partial charge in [-0.1, -0.05) is 29.8 Å². The Hall–Kier alpha value is -1.63. The summed E-state index contributed by atoms with van der Waals surface area (Å²) in [6.07, 6.45) is 3.09. The molecular formula is C19H25N. The molecule has 106 valence electrons. The number of hydrogen-bond acceptors (Lipinski definition) is 1. The zero-order chi connectivity index (χ0) is 14.9. The van der Waals surface area contributed by atoms with E-state index in [0.717, 1.165) is 6.42 Å². The van der Waals surface area contributed by atoms with Crippen LogP contribution in [0.4, 0.5) is 0 Å². The summed E-state index contributed by atoms with van der Waals surface area (Å²) >= 11 is 0. The van der Waals surface area contributed by atoms with Crippen LogP contribution in [0.15, 0.2) is 46.0 Å². The summed E-state index contributed by atoms with van der Waals surface area (Å²) in [5, 5.41) is 0. The molecule has 20 heavy (non-hydrogen) atoms. The predicted molar refractivity (Wildman–Crippen MR) is 89.4 cm³/mol. The van der Waals surface area contributed by atoms with Gasteiger partial charge in [0.1, 0.15) is 0 Å². The summed E-state index contributed by atoms with van der Waals surface area (Å²) < 4.78 is 0. The molecule has 1 nitrogen and oxygen atoms in total. The third-order valence-electron chi connectivity index (χ3n) is 3.97. The van der Waals surface area contributed by atoms with Crippen molar-refractivity contribution in [2.75, 3.05) is 0 Å². The highest BCUT2D eigenvalue weighted by molar-refractivity contribution is 5.91. The average molecular weight is 267 g/mol. The zero-order valence-electron chi connectivity index (χ0n) is 13.5. The molecule has 1 aromatic rings. The summed E-state index contributed by atoms with van der Waals surface area (Å²) in [4.78, 5) is 4.66. The zero-order valence-corrected chi connectivity index (χ0v) is 13.5. The summed E-state index contributed by atoms with van der Waals surface area (Å²) in [6.45, 7) is 13.1. The van der Waals surface area contributed by atoms with Gasteiger partial charge in [0.25, 0.3) is 0 Å². The first-order valence-electron chi connectivity index (χ1n) is 7.30. The minimum absolute atomic E-state index is 0.0315. The number of aliphatic imine (C=N–C) groups is 1. The van der Waals surface area contributed by atoms with Crippen LogP contribution in [0.1, 0.15) is 59.1 Å². The molecule has 0 radical (unpaired) electrons. The average Bonchev–Trinajstić information content (AvgIpc) is 2.64. The van der Waals surface area contributed by atoms with Crippen LogP contribution in [0.25, 0.3) is 5.57 Å². The Morgan fingerprint density at radius 3 is 2.20 bits per heavy atom. The van der Waals surface area contributed by atoms with Crippen LogP contribution in [0.2, 0.25) is 0 Å². The molecule has 0 unspecified atom stereocenters. The molecule has 0 aliphatic heterocycles. The lowest BCUT2D eigenvalue weighted by Gasteiger charge is -2.13. The van der Waals surface area contributed by atoms with Crippen molar-refractivity contribution in [3.05, 3.63) is 52.1 Å². The Kier molecular flexibility index (Phi) is 3.99. The molecule has 0 bridgehead atoms. The first-order chi connectivity index (χ1) is 9.29. The molecule has 0 amide bonds. The highest BCUT2D eigenvalue weighted by Crippen LogP contribution is 2.38. The van der Waals surface area contributed by atoms with Gasteiger partial charge >= 0.3 is 0 Å². The molecular weight excluding hydrogens is 242 g/mol. The van der Waals surface area contributed by atoms with Crippen molar-refractivity contribution < 1.29 is 0 Å². The first-order valence-corrected chi connectivity index (χ1v) is 7.30. The van der Waals surface area contributed by atoms with Crippen molar-refractivity contribution >= 4 is 11.8 Å². The maximum Gasteiger partial charge on any atom is 0.0524 e. The highest BCUT2D eigenvalue weighted by atomic mass is 14.8. The quantitative estimate of drug-likeness (QED) is 0.635. The van der Waals surface area contributed by atoms with Crippen LogP contribution in [-0.4, -0.2) is 11.8 Å². The van der Waals surface area contributed by atoms with Crippen molar-refractivity contribution in [2.24, 2.45) is 4.99 Å². The second kappa shape index (κ2) is 5.40. The van der Waals surface area contributed by atoms with Crippen molar-refractivity contribution in [2.45, 2.75) is 53.5 Å². The number of rotatable bonds is 2. The maximum absolute atomic E-state index is 4.66. The van der Waals surface area contributed by atoms with Gasteiger partial charge in [-0.05, 0) is 75.8 Å². The van der Waals surface area contributed by atoms with Gasteiger partial charge in [-0.2, -0.15) is 0 Å². The van der Waals surface area contributed by atoms with Crippen molar-refractivity contribution in [1.82, 2.24) is 0 Å². The smallest absolute Gasteiger partial charge is 0.0524 e. The normalized spacial score (nSPS) is 16.7. The molecule has 0 atom stereocenters. The number of allylic oxidation sites excluding steroid dienone is 4. The van der Waals surface area contributed by atoms with Gasteiger partial charge in [0.15, 0.2) is 0 Å². The molecule has 2 rings (SSSR count).